The van der Waals surface area contributed by atoms with Crippen molar-refractivity contribution in [3.63, 3.8) is 0 Å². The molecule has 0 heterocycles. The number of carbonyl (C=O) groups excluding carboxylic acids is 1. The highest BCUT2D eigenvalue weighted by Crippen LogP contribution is 2.26. The summed E-state index contributed by atoms with van der Waals surface area (Å²) in [5, 5.41) is 0.832. The quantitative estimate of drug-likeness (QED) is 0.786. The van der Waals surface area contributed by atoms with E-state index in [2.05, 4.69) is 47.1 Å². The molecule has 0 saturated carbocycles. The van der Waals surface area contributed by atoms with Gasteiger partial charge in [-0.2, -0.15) is 0 Å². The Labute approximate surface area is 117 Å². The molecular formula is C15H20BrNO. The van der Waals surface area contributed by atoms with Gasteiger partial charge >= 0.3 is 0 Å². The Morgan fingerprint density at radius 1 is 1.44 bits per heavy atom. The van der Waals surface area contributed by atoms with Crippen molar-refractivity contribution in [3.05, 3.63) is 35.4 Å². The molecule has 2 nitrogen and oxygen atoms in total. The summed E-state index contributed by atoms with van der Waals surface area (Å²) in [4.78, 5) is 14.3. The number of alkyl halides is 1. The van der Waals surface area contributed by atoms with Crippen LogP contribution < -0.4 is 0 Å². The van der Waals surface area contributed by atoms with Crippen LogP contribution in [0.25, 0.3) is 0 Å². The molecule has 1 amide bonds. The number of amides is 1. The maximum atomic E-state index is 12.4. The Morgan fingerprint density at radius 2 is 2.11 bits per heavy atom. The molecule has 98 valence electrons. The molecule has 3 heteroatoms. The fourth-order valence-electron chi connectivity index (χ4n) is 2.52. The molecule has 1 aromatic carbocycles. The molecule has 0 N–H and O–H groups in total. The van der Waals surface area contributed by atoms with E-state index in [0.717, 1.165) is 24.6 Å². The molecule has 0 aromatic heterocycles. The molecule has 0 fully saturated rings. The number of rotatable bonds is 3. The number of hydrogen-bond acceptors (Lipinski definition) is 1. The molecule has 18 heavy (non-hydrogen) atoms. The van der Waals surface area contributed by atoms with Crippen molar-refractivity contribution < 1.29 is 4.79 Å². The Kier molecular flexibility index (Phi) is 4.44. The number of benzene rings is 1. The molecule has 1 aliphatic carbocycles. The lowest BCUT2D eigenvalue weighted by molar-refractivity contribution is -0.136. The van der Waals surface area contributed by atoms with Crippen molar-refractivity contribution in [1.82, 2.24) is 4.90 Å². The van der Waals surface area contributed by atoms with Crippen molar-refractivity contribution >= 4 is 21.8 Å². The van der Waals surface area contributed by atoms with Crippen LogP contribution >= 0.6 is 15.9 Å². The minimum atomic E-state index is 0.159. The zero-order valence-corrected chi connectivity index (χ0v) is 12.6. The first-order valence-corrected chi connectivity index (χ1v) is 7.65. The summed E-state index contributed by atoms with van der Waals surface area (Å²) < 4.78 is 0. The highest BCUT2D eigenvalue weighted by molar-refractivity contribution is 9.09. The Balaban J connectivity index is 2.07. The predicted octanol–water partition coefficient (Wildman–Crippen LogP) is 3.03. The first kappa shape index (κ1) is 13.6. The van der Waals surface area contributed by atoms with E-state index in [4.69, 9.17) is 0 Å². The van der Waals surface area contributed by atoms with Gasteiger partial charge < -0.3 is 4.90 Å². The van der Waals surface area contributed by atoms with Gasteiger partial charge in [-0.25, -0.2) is 0 Å². The first-order valence-electron chi connectivity index (χ1n) is 6.53. The predicted molar refractivity (Wildman–Crippen MR) is 78.0 cm³/mol. The van der Waals surface area contributed by atoms with Crippen LogP contribution in [0.15, 0.2) is 24.3 Å². The van der Waals surface area contributed by atoms with E-state index >= 15 is 0 Å². The topological polar surface area (TPSA) is 20.3 Å². The summed E-state index contributed by atoms with van der Waals surface area (Å²) in [6.07, 6.45) is 2.91. The molecule has 0 saturated heterocycles. The summed E-state index contributed by atoms with van der Waals surface area (Å²) in [6, 6.07) is 8.75. The maximum absolute atomic E-state index is 12.4. The van der Waals surface area contributed by atoms with Crippen molar-refractivity contribution in [2.24, 2.45) is 5.92 Å². The number of fused-ring (bicyclic) bond motifs is 1. The van der Waals surface area contributed by atoms with E-state index in [0.29, 0.717) is 0 Å². The zero-order chi connectivity index (χ0) is 13.1. The van der Waals surface area contributed by atoms with Crippen LogP contribution in [0.4, 0.5) is 0 Å². The van der Waals surface area contributed by atoms with E-state index in [-0.39, 0.29) is 17.9 Å². The second kappa shape index (κ2) is 5.87. The average molecular weight is 310 g/mol. The van der Waals surface area contributed by atoms with Gasteiger partial charge in [-0.05, 0) is 37.3 Å². The molecule has 2 rings (SSSR count). The van der Waals surface area contributed by atoms with E-state index in [1.165, 1.54) is 11.1 Å². The lowest BCUT2D eigenvalue weighted by Crippen LogP contribution is -2.41. The molecule has 1 aliphatic rings. The van der Waals surface area contributed by atoms with Gasteiger partial charge in [-0.15, -0.1) is 0 Å². The van der Waals surface area contributed by atoms with Gasteiger partial charge in [0.2, 0.25) is 5.91 Å². The maximum Gasteiger partial charge on any atom is 0.226 e. The van der Waals surface area contributed by atoms with Gasteiger partial charge in [-0.3, -0.25) is 4.79 Å². The summed E-state index contributed by atoms with van der Waals surface area (Å²) in [5.41, 5.74) is 2.76. The van der Waals surface area contributed by atoms with Crippen LogP contribution in [0.5, 0.6) is 0 Å². The van der Waals surface area contributed by atoms with Crippen LogP contribution in [0.1, 0.15) is 24.5 Å². The molecule has 2 atom stereocenters. The number of nitrogens with zero attached hydrogens (tertiary/aromatic N) is 1. The van der Waals surface area contributed by atoms with Gasteiger partial charge in [0.1, 0.15) is 0 Å². The largest absolute Gasteiger partial charge is 0.342 e. The third-order valence-corrected chi connectivity index (χ3v) is 4.87. The van der Waals surface area contributed by atoms with E-state index in [1.807, 2.05) is 11.9 Å². The molecule has 1 aromatic rings. The molecule has 0 radical (unpaired) electrons. The molecular weight excluding hydrogens is 290 g/mol. The van der Waals surface area contributed by atoms with Gasteiger partial charge in [0, 0.05) is 24.3 Å². The van der Waals surface area contributed by atoms with Gasteiger partial charge in [0.15, 0.2) is 0 Å². The summed E-state index contributed by atoms with van der Waals surface area (Å²) in [6.45, 7) is 2.07. The first-order chi connectivity index (χ1) is 8.63. The Hall–Kier alpha value is -0.830. The normalized spacial score (nSPS) is 20.1. The van der Waals surface area contributed by atoms with E-state index in [9.17, 15) is 4.79 Å². The Bertz CT molecular complexity index is 432. The van der Waals surface area contributed by atoms with Crippen LogP contribution in [-0.2, 0) is 17.6 Å². The highest BCUT2D eigenvalue weighted by Gasteiger charge is 2.28. The monoisotopic (exact) mass is 309 g/mol. The lowest BCUT2D eigenvalue weighted by Gasteiger charge is -2.30. The van der Waals surface area contributed by atoms with Gasteiger partial charge in [0.25, 0.3) is 0 Å². The van der Waals surface area contributed by atoms with Crippen LogP contribution in [-0.4, -0.2) is 29.2 Å². The van der Waals surface area contributed by atoms with Crippen LogP contribution in [0.2, 0.25) is 0 Å². The van der Waals surface area contributed by atoms with E-state index < -0.39 is 0 Å². The number of hydrogen-bond donors (Lipinski definition) is 0. The van der Waals surface area contributed by atoms with Crippen LogP contribution in [0.3, 0.4) is 0 Å². The summed E-state index contributed by atoms with van der Waals surface area (Å²) in [5.74, 6) is 0.447. The minimum Gasteiger partial charge on any atom is -0.342 e. The van der Waals surface area contributed by atoms with Gasteiger partial charge in [-0.1, -0.05) is 40.2 Å². The molecule has 0 bridgehead atoms. The van der Waals surface area contributed by atoms with Crippen molar-refractivity contribution in [1.29, 1.82) is 0 Å². The fourth-order valence-corrected chi connectivity index (χ4v) is 2.95. The molecule has 0 spiro atoms. The number of carbonyl (C=O) groups is 1. The van der Waals surface area contributed by atoms with Crippen molar-refractivity contribution in [2.75, 3.05) is 12.4 Å². The minimum absolute atomic E-state index is 0.159. The smallest absolute Gasteiger partial charge is 0.226 e. The molecule has 0 aliphatic heterocycles. The Morgan fingerprint density at radius 3 is 2.78 bits per heavy atom. The third-order valence-electron chi connectivity index (χ3n) is 3.93. The van der Waals surface area contributed by atoms with Crippen molar-refractivity contribution in [3.8, 4) is 0 Å². The lowest BCUT2D eigenvalue weighted by atomic mass is 9.83. The van der Waals surface area contributed by atoms with Crippen LogP contribution in [0, 0.1) is 5.92 Å². The molecule has 2 unspecified atom stereocenters. The second-order valence-corrected chi connectivity index (χ2v) is 5.81. The zero-order valence-electron chi connectivity index (χ0n) is 11.0. The second-order valence-electron chi connectivity index (χ2n) is 5.16. The average Bonchev–Trinajstić information content (AvgIpc) is 2.44. The fraction of sp³-hybridized carbons (Fsp3) is 0.533. The van der Waals surface area contributed by atoms with Crippen molar-refractivity contribution in [2.45, 2.75) is 32.2 Å². The highest BCUT2D eigenvalue weighted by atomic mass is 79.9. The summed E-state index contributed by atoms with van der Waals surface area (Å²) >= 11 is 3.44. The van der Waals surface area contributed by atoms with Gasteiger partial charge in [0.05, 0.1) is 0 Å². The van der Waals surface area contributed by atoms with E-state index in [1.54, 1.807) is 0 Å². The SMILES string of the molecule is CC(CBr)N(C)C(=O)C1CCc2ccccc2C1. The standard InChI is InChI=1S/C15H20BrNO/c1-11(10-16)17(2)15(18)14-8-7-12-5-3-4-6-13(12)9-14/h3-6,11,14H,7-10H2,1-2H3. The third kappa shape index (κ3) is 2.77. The number of halogens is 1. The summed E-state index contributed by atoms with van der Waals surface area (Å²) in [7, 11) is 1.91. The number of aryl methyl sites for hydroxylation is 1.